The summed E-state index contributed by atoms with van der Waals surface area (Å²) in [5, 5.41) is 3.46. The lowest BCUT2D eigenvalue weighted by molar-refractivity contribution is 0.450. The van der Waals surface area contributed by atoms with E-state index in [2.05, 4.69) is 19.2 Å². The van der Waals surface area contributed by atoms with Crippen molar-refractivity contribution in [2.24, 2.45) is 0 Å². The molecule has 0 aromatic heterocycles. The monoisotopic (exact) mass is 255 g/mol. The molecule has 3 heteroatoms. The molecule has 0 amide bonds. The van der Waals surface area contributed by atoms with Gasteiger partial charge in [-0.3, -0.25) is 0 Å². The molecule has 0 heterocycles. The quantitative estimate of drug-likeness (QED) is 0.738. The molecular weight excluding hydrogens is 232 g/mol. The fraction of sp³-hybridized carbons (Fsp3) is 0.600. The number of benzene rings is 1. The standard InChI is InChI=1S/C15H23F2N/c1-3-11-18-13(4-2)9-5-7-12-8-6-10-14(16)15(12)17/h6,8,10,13,18H,3-5,7,9,11H2,1-2H3. The predicted molar refractivity (Wildman–Crippen MR) is 71.7 cm³/mol. The molecule has 1 rings (SSSR count). The normalized spacial score (nSPS) is 12.7. The van der Waals surface area contributed by atoms with Gasteiger partial charge in [0.1, 0.15) is 0 Å². The first-order chi connectivity index (χ1) is 8.69. The van der Waals surface area contributed by atoms with Gasteiger partial charge in [-0.2, -0.15) is 0 Å². The molecule has 1 N–H and O–H groups in total. The fourth-order valence-corrected chi connectivity index (χ4v) is 2.08. The molecule has 18 heavy (non-hydrogen) atoms. The zero-order valence-corrected chi connectivity index (χ0v) is 11.3. The molecule has 0 aliphatic heterocycles. The van der Waals surface area contributed by atoms with Gasteiger partial charge < -0.3 is 5.32 Å². The average molecular weight is 255 g/mol. The van der Waals surface area contributed by atoms with E-state index in [1.54, 1.807) is 12.1 Å². The molecule has 0 bridgehead atoms. The van der Waals surface area contributed by atoms with Crippen molar-refractivity contribution < 1.29 is 8.78 Å². The molecule has 0 saturated carbocycles. The van der Waals surface area contributed by atoms with Gasteiger partial charge in [0.05, 0.1) is 0 Å². The summed E-state index contributed by atoms with van der Waals surface area (Å²) in [6, 6.07) is 4.89. The first kappa shape index (κ1) is 15.1. The molecule has 0 saturated heterocycles. The first-order valence-corrected chi connectivity index (χ1v) is 6.85. The van der Waals surface area contributed by atoms with Crippen molar-refractivity contribution in [2.45, 2.75) is 52.0 Å². The SMILES string of the molecule is CCCNC(CC)CCCc1cccc(F)c1F. The number of halogens is 2. The lowest BCUT2D eigenvalue weighted by atomic mass is 10.0. The molecule has 0 spiro atoms. The Kier molecular flexibility index (Phi) is 6.88. The van der Waals surface area contributed by atoms with Gasteiger partial charge in [0.2, 0.25) is 0 Å². The highest BCUT2D eigenvalue weighted by molar-refractivity contribution is 5.18. The van der Waals surface area contributed by atoms with E-state index >= 15 is 0 Å². The topological polar surface area (TPSA) is 12.0 Å². The zero-order chi connectivity index (χ0) is 13.4. The highest BCUT2D eigenvalue weighted by Gasteiger charge is 2.09. The van der Waals surface area contributed by atoms with E-state index in [9.17, 15) is 8.78 Å². The second-order valence-corrected chi connectivity index (χ2v) is 4.66. The summed E-state index contributed by atoms with van der Waals surface area (Å²) in [4.78, 5) is 0. The maximum atomic E-state index is 13.4. The van der Waals surface area contributed by atoms with Crippen molar-refractivity contribution in [3.05, 3.63) is 35.4 Å². The van der Waals surface area contributed by atoms with Crippen LogP contribution in [0.3, 0.4) is 0 Å². The zero-order valence-electron chi connectivity index (χ0n) is 11.3. The highest BCUT2D eigenvalue weighted by atomic mass is 19.2. The molecule has 0 radical (unpaired) electrons. The van der Waals surface area contributed by atoms with E-state index in [0.717, 1.165) is 38.3 Å². The number of rotatable bonds is 8. The van der Waals surface area contributed by atoms with Crippen LogP contribution in [0, 0.1) is 11.6 Å². The van der Waals surface area contributed by atoms with Gasteiger partial charge >= 0.3 is 0 Å². The minimum absolute atomic E-state index is 0.486. The van der Waals surface area contributed by atoms with E-state index in [1.807, 2.05) is 0 Å². The molecular formula is C15H23F2N. The third kappa shape index (κ3) is 4.73. The molecule has 1 unspecified atom stereocenters. The van der Waals surface area contributed by atoms with Crippen molar-refractivity contribution in [1.29, 1.82) is 0 Å². The van der Waals surface area contributed by atoms with Gasteiger partial charge in [-0.1, -0.05) is 26.0 Å². The van der Waals surface area contributed by atoms with Crippen molar-refractivity contribution in [3.63, 3.8) is 0 Å². The van der Waals surface area contributed by atoms with E-state index in [0.29, 0.717) is 18.0 Å². The van der Waals surface area contributed by atoms with Crippen LogP contribution in [0.5, 0.6) is 0 Å². The van der Waals surface area contributed by atoms with Crippen LogP contribution >= 0.6 is 0 Å². The van der Waals surface area contributed by atoms with Crippen molar-refractivity contribution in [3.8, 4) is 0 Å². The summed E-state index contributed by atoms with van der Waals surface area (Å²) in [5.74, 6) is -1.43. The minimum atomic E-state index is -0.747. The lowest BCUT2D eigenvalue weighted by Gasteiger charge is -2.16. The Morgan fingerprint density at radius 1 is 1.22 bits per heavy atom. The number of nitrogens with one attached hydrogen (secondary N) is 1. The summed E-state index contributed by atoms with van der Waals surface area (Å²) in [7, 11) is 0. The Bertz CT molecular complexity index is 352. The van der Waals surface area contributed by atoms with Gasteiger partial charge in [-0.15, -0.1) is 0 Å². The van der Waals surface area contributed by atoms with Gasteiger partial charge in [-0.25, -0.2) is 8.78 Å². The van der Waals surface area contributed by atoms with Crippen molar-refractivity contribution in [1.82, 2.24) is 5.32 Å². The molecule has 1 aromatic rings. The van der Waals surface area contributed by atoms with Gasteiger partial charge in [0, 0.05) is 6.04 Å². The molecule has 1 aromatic carbocycles. The summed E-state index contributed by atoms with van der Waals surface area (Å²) in [5.41, 5.74) is 0.486. The second kappa shape index (κ2) is 8.20. The van der Waals surface area contributed by atoms with Gasteiger partial charge in [0.15, 0.2) is 11.6 Å². The first-order valence-electron chi connectivity index (χ1n) is 6.85. The number of hydrogen-bond acceptors (Lipinski definition) is 1. The van der Waals surface area contributed by atoms with Gasteiger partial charge in [-0.05, 0) is 50.3 Å². The number of aryl methyl sites for hydroxylation is 1. The summed E-state index contributed by atoms with van der Waals surface area (Å²) in [6.07, 6.45) is 4.69. The molecule has 1 nitrogen and oxygen atoms in total. The van der Waals surface area contributed by atoms with Crippen LogP contribution < -0.4 is 5.32 Å². The average Bonchev–Trinajstić information content (AvgIpc) is 2.38. The Labute approximate surface area is 109 Å². The minimum Gasteiger partial charge on any atom is -0.314 e. The van der Waals surface area contributed by atoms with Crippen LogP contribution in [0.1, 0.15) is 45.1 Å². The highest BCUT2D eigenvalue weighted by Crippen LogP contribution is 2.15. The van der Waals surface area contributed by atoms with E-state index < -0.39 is 11.6 Å². The Morgan fingerprint density at radius 3 is 2.67 bits per heavy atom. The number of hydrogen-bond donors (Lipinski definition) is 1. The summed E-state index contributed by atoms with van der Waals surface area (Å²) in [6.45, 7) is 5.31. The second-order valence-electron chi connectivity index (χ2n) is 4.66. The van der Waals surface area contributed by atoms with Crippen molar-refractivity contribution >= 4 is 0 Å². The van der Waals surface area contributed by atoms with Crippen LogP contribution in [0.25, 0.3) is 0 Å². The van der Waals surface area contributed by atoms with Crippen LogP contribution in [0.4, 0.5) is 8.78 Å². The molecule has 102 valence electrons. The Hall–Kier alpha value is -0.960. The fourth-order valence-electron chi connectivity index (χ4n) is 2.08. The van der Waals surface area contributed by atoms with Crippen molar-refractivity contribution in [2.75, 3.05) is 6.54 Å². The van der Waals surface area contributed by atoms with Crippen LogP contribution in [-0.4, -0.2) is 12.6 Å². The van der Waals surface area contributed by atoms with Crippen LogP contribution in [-0.2, 0) is 6.42 Å². The summed E-state index contributed by atoms with van der Waals surface area (Å²) >= 11 is 0. The van der Waals surface area contributed by atoms with Crippen LogP contribution in [0.15, 0.2) is 18.2 Å². The van der Waals surface area contributed by atoms with E-state index in [1.165, 1.54) is 0 Å². The van der Waals surface area contributed by atoms with Crippen LogP contribution in [0.2, 0.25) is 0 Å². The largest absolute Gasteiger partial charge is 0.314 e. The predicted octanol–water partition coefficient (Wildman–Crippen LogP) is 4.07. The lowest BCUT2D eigenvalue weighted by Crippen LogP contribution is -2.29. The molecule has 0 fully saturated rings. The third-order valence-corrected chi connectivity index (χ3v) is 3.21. The smallest absolute Gasteiger partial charge is 0.162 e. The maximum absolute atomic E-state index is 13.4. The Balaban J connectivity index is 2.38. The molecule has 1 atom stereocenters. The molecule has 0 aliphatic carbocycles. The van der Waals surface area contributed by atoms with Gasteiger partial charge in [0.25, 0.3) is 0 Å². The molecule has 0 aliphatic rings. The van der Waals surface area contributed by atoms with E-state index in [-0.39, 0.29) is 0 Å². The Morgan fingerprint density at radius 2 is 2.00 bits per heavy atom. The third-order valence-electron chi connectivity index (χ3n) is 3.21. The van der Waals surface area contributed by atoms with E-state index in [4.69, 9.17) is 0 Å². The summed E-state index contributed by atoms with van der Waals surface area (Å²) < 4.78 is 26.4. The maximum Gasteiger partial charge on any atom is 0.162 e.